The van der Waals surface area contributed by atoms with Crippen molar-refractivity contribution in [2.24, 2.45) is 0 Å². The summed E-state index contributed by atoms with van der Waals surface area (Å²) in [7, 11) is 3.36. The van der Waals surface area contributed by atoms with Crippen molar-refractivity contribution in [3.05, 3.63) is 23.8 Å². The zero-order valence-corrected chi connectivity index (χ0v) is 13.6. The van der Waals surface area contributed by atoms with Crippen LogP contribution in [0.1, 0.15) is 44.7 Å². The third-order valence-corrected chi connectivity index (χ3v) is 4.17. The highest BCUT2D eigenvalue weighted by molar-refractivity contribution is 5.40. The van der Waals surface area contributed by atoms with Crippen molar-refractivity contribution in [3.63, 3.8) is 0 Å². The Kier molecular flexibility index (Phi) is 5.48. The van der Waals surface area contributed by atoms with E-state index in [1.165, 1.54) is 0 Å². The third kappa shape index (κ3) is 3.69. The topological polar surface area (TPSA) is 39.7 Å². The van der Waals surface area contributed by atoms with Crippen molar-refractivity contribution in [2.75, 3.05) is 27.4 Å². The van der Waals surface area contributed by atoms with Crippen LogP contribution in [0.25, 0.3) is 0 Å². The van der Waals surface area contributed by atoms with Gasteiger partial charge in [0.2, 0.25) is 0 Å². The monoisotopic (exact) mass is 293 g/mol. The molecule has 2 rings (SSSR count). The normalized spacial score (nSPS) is 23.0. The Bertz CT molecular complexity index is 433. The van der Waals surface area contributed by atoms with Crippen LogP contribution >= 0.6 is 0 Å². The summed E-state index contributed by atoms with van der Waals surface area (Å²) >= 11 is 0. The third-order valence-electron chi connectivity index (χ3n) is 4.17. The van der Waals surface area contributed by atoms with Crippen LogP contribution < -0.4 is 14.8 Å². The van der Waals surface area contributed by atoms with Gasteiger partial charge in [-0.15, -0.1) is 0 Å². The van der Waals surface area contributed by atoms with Crippen LogP contribution in [0.4, 0.5) is 0 Å². The summed E-state index contributed by atoms with van der Waals surface area (Å²) in [5.41, 5.74) is 0.982. The zero-order valence-electron chi connectivity index (χ0n) is 13.6. The molecular formula is C17H27NO3. The quantitative estimate of drug-likeness (QED) is 0.837. The van der Waals surface area contributed by atoms with Gasteiger partial charge in [-0.2, -0.15) is 0 Å². The van der Waals surface area contributed by atoms with E-state index in [0.29, 0.717) is 0 Å². The van der Waals surface area contributed by atoms with E-state index in [-0.39, 0.29) is 11.6 Å². The molecule has 0 bridgehead atoms. The number of nitrogens with one attached hydrogen (secondary N) is 1. The van der Waals surface area contributed by atoms with E-state index >= 15 is 0 Å². The molecule has 0 aromatic heterocycles. The van der Waals surface area contributed by atoms with E-state index < -0.39 is 0 Å². The van der Waals surface area contributed by atoms with Crippen LogP contribution in [0.15, 0.2) is 18.2 Å². The second-order valence-electron chi connectivity index (χ2n) is 5.80. The van der Waals surface area contributed by atoms with Crippen molar-refractivity contribution < 1.29 is 14.2 Å². The molecule has 1 N–H and O–H groups in total. The van der Waals surface area contributed by atoms with Crippen molar-refractivity contribution >= 4 is 0 Å². The van der Waals surface area contributed by atoms with E-state index in [1.807, 2.05) is 6.07 Å². The summed E-state index contributed by atoms with van der Waals surface area (Å²) in [6.45, 7) is 6.17. The van der Waals surface area contributed by atoms with E-state index in [1.54, 1.807) is 14.2 Å². The molecule has 118 valence electrons. The lowest BCUT2D eigenvalue weighted by Crippen LogP contribution is -2.41. The van der Waals surface area contributed by atoms with Crippen molar-refractivity contribution in [3.8, 4) is 11.5 Å². The fraction of sp³-hybridized carbons (Fsp3) is 0.647. The Hall–Kier alpha value is -1.26. The van der Waals surface area contributed by atoms with Crippen LogP contribution in [0.5, 0.6) is 11.5 Å². The van der Waals surface area contributed by atoms with Gasteiger partial charge < -0.3 is 19.5 Å². The number of ether oxygens (including phenoxy) is 3. The molecule has 1 aliphatic rings. The van der Waals surface area contributed by atoms with Gasteiger partial charge in [-0.25, -0.2) is 0 Å². The second-order valence-corrected chi connectivity index (χ2v) is 5.80. The van der Waals surface area contributed by atoms with Crippen LogP contribution in [0.3, 0.4) is 0 Å². The lowest BCUT2D eigenvalue weighted by Gasteiger charge is -2.35. The average molecular weight is 293 g/mol. The first-order valence-electron chi connectivity index (χ1n) is 7.73. The van der Waals surface area contributed by atoms with Gasteiger partial charge >= 0.3 is 0 Å². The molecule has 4 heteroatoms. The Balaban J connectivity index is 2.35. The number of methoxy groups -OCH3 is 2. The molecule has 0 amide bonds. The summed E-state index contributed by atoms with van der Waals surface area (Å²) in [4.78, 5) is 0. The molecule has 0 aliphatic carbocycles. The Morgan fingerprint density at radius 1 is 1.24 bits per heavy atom. The highest BCUT2D eigenvalue weighted by Crippen LogP contribution is 2.39. The number of hydrogen-bond acceptors (Lipinski definition) is 4. The minimum absolute atomic E-state index is 0.143. The average Bonchev–Trinajstić information content (AvgIpc) is 2.94. The van der Waals surface area contributed by atoms with Crippen LogP contribution in [-0.2, 0) is 4.74 Å². The van der Waals surface area contributed by atoms with E-state index in [0.717, 1.165) is 49.5 Å². The van der Waals surface area contributed by atoms with Gasteiger partial charge in [0.15, 0.2) is 0 Å². The van der Waals surface area contributed by atoms with Gasteiger partial charge in [-0.3, -0.25) is 0 Å². The van der Waals surface area contributed by atoms with Crippen LogP contribution in [0.2, 0.25) is 0 Å². The Morgan fingerprint density at radius 3 is 2.38 bits per heavy atom. The smallest absolute Gasteiger partial charge is 0.122 e. The van der Waals surface area contributed by atoms with Crippen LogP contribution in [-0.4, -0.2) is 33.0 Å². The highest BCUT2D eigenvalue weighted by Gasteiger charge is 2.39. The summed E-state index contributed by atoms with van der Waals surface area (Å²) in [6.07, 6.45) is 3.27. The molecule has 21 heavy (non-hydrogen) atoms. The predicted octanol–water partition coefficient (Wildman–Crippen LogP) is 3.31. The van der Waals surface area contributed by atoms with Gasteiger partial charge in [0.05, 0.1) is 25.9 Å². The summed E-state index contributed by atoms with van der Waals surface area (Å²) in [5.74, 6) is 1.63. The lowest BCUT2D eigenvalue weighted by molar-refractivity contribution is -0.0125. The fourth-order valence-electron chi connectivity index (χ4n) is 3.00. The highest BCUT2D eigenvalue weighted by atomic mass is 16.5. The molecule has 1 saturated heterocycles. The minimum Gasteiger partial charge on any atom is -0.497 e. The minimum atomic E-state index is -0.174. The molecule has 1 aromatic rings. The molecule has 1 fully saturated rings. The van der Waals surface area contributed by atoms with Gasteiger partial charge in [-0.1, -0.05) is 6.92 Å². The van der Waals surface area contributed by atoms with E-state index in [9.17, 15) is 0 Å². The molecule has 1 heterocycles. The maximum absolute atomic E-state index is 6.06. The van der Waals surface area contributed by atoms with Gasteiger partial charge in [0.1, 0.15) is 11.5 Å². The SMILES string of the molecule is CCCNC(c1cc(OC)cc(OC)c1)C1(C)CCCO1. The summed E-state index contributed by atoms with van der Waals surface area (Å²) in [5, 5.41) is 3.63. The summed E-state index contributed by atoms with van der Waals surface area (Å²) < 4.78 is 16.9. The molecule has 0 radical (unpaired) electrons. The number of rotatable bonds is 7. The lowest BCUT2D eigenvalue weighted by atomic mass is 9.87. The van der Waals surface area contributed by atoms with E-state index in [2.05, 4.69) is 31.3 Å². The van der Waals surface area contributed by atoms with Crippen molar-refractivity contribution in [1.82, 2.24) is 5.32 Å². The first-order chi connectivity index (χ1) is 10.1. The van der Waals surface area contributed by atoms with Gasteiger partial charge in [0.25, 0.3) is 0 Å². The standard InChI is InChI=1S/C17H27NO3/c1-5-8-18-16(17(2)7-6-9-21-17)13-10-14(19-3)12-15(11-13)20-4/h10-12,16,18H,5-9H2,1-4H3. The number of benzene rings is 1. The van der Waals surface area contributed by atoms with Gasteiger partial charge in [-0.05, 0) is 50.4 Å². The van der Waals surface area contributed by atoms with Crippen LogP contribution in [0, 0.1) is 0 Å². The Morgan fingerprint density at radius 2 is 1.90 bits per heavy atom. The van der Waals surface area contributed by atoms with Crippen molar-refractivity contribution in [1.29, 1.82) is 0 Å². The number of hydrogen-bond donors (Lipinski definition) is 1. The molecule has 2 unspecified atom stereocenters. The Labute approximate surface area is 127 Å². The maximum Gasteiger partial charge on any atom is 0.122 e. The zero-order chi connectivity index (χ0) is 15.3. The van der Waals surface area contributed by atoms with E-state index in [4.69, 9.17) is 14.2 Å². The van der Waals surface area contributed by atoms with Crippen molar-refractivity contribution in [2.45, 2.75) is 44.8 Å². The molecule has 4 nitrogen and oxygen atoms in total. The fourth-order valence-corrected chi connectivity index (χ4v) is 3.00. The summed E-state index contributed by atoms with van der Waals surface area (Å²) in [6, 6.07) is 6.19. The molecule has 1 aliphatic heterocycles. The second kappa shape index (κ2) is 7.14. The van der Waals surface area contributed by atoms with Gasteiger partial charge in [0, 0.05) is 12.7 Å². The first-order valence-corrected chi connectivity index (χ1v) is 7.73. The molecule has 0 spiro atoms. The molecule has 0 saturated carbocycles. The largest absolute Gasteiger partial charge is 0.497 e. The molecule has 1 aromatic carbocycles. The maximum atomic E-state index is 6.06. The molecular weight excluding hydrogens is 266 g/mol. The first kappa shape index (κ1) is 16.1. The predicted molar refractivity (Wildman–Crippen MR) is 84.2 cm³/mol. The molecule has 2 atom stereocenters.